The zero-order valence-corrected chi connectivity index (χ0v) is 20.9. The van der Waals surface area contributed by atoms with Crippen molar-refractivity contribution in [1.29, 1.82) is 0 Å². The highest BCUT2D eigenvalue weighted by molar-refractivity contribution is 7.84. The second-order valence-electron chi connectivity index (χ2n) is 7.87. The molecule has 0 radical (unpaired) electrons. The highest BCUT2D eigenvalue weighted by Crippen LogP contribution is 2.66. The molecule has 3 rings (SSSR count). The fourth-order valence-electron chi connectivity index (χ4n) is 4.76. The van der Waals surface area contributed by atoms with Crippen molar-refractivity contribution in [1.82, 2.24) is 0 Å². The van der Waals surface area contributed by atoms with E-state index >= 15 is 0 Å². The fraction of sp³-hybridized carbons (Fsp3) is 0.333. The summed E-state index contributed by atoms with van der Waals surface area (Å²) in [5, 5.41) is 1.46. The van der Waals surface area contributed by atoms with Crippen molar-refractivity contribution in [3.63, 3.8) is 0 Å². The van der Waals surface area contributed by atoms with Gasteiger partial charge in [0.1, 0.15) is 11.5 Å². The highest BCUT2D eigenvalue weighted by atomic mass is 32.1. The predicted molar refractivity (Wildman–Crippen MR) is 138 cm³/mol. The van der Waals surface area contributed by atoms with Crippen LogP contribution in [0.1, 0.15) is 31.9 Å². The number of hydrogen-bond acceptors (Lipinski definition) is 3. The van der Waals surface area contributed by atoms with E-state index in [-0.39, 0.29) is 5.66 Å². The lowest BCUT2D eigenvalue weighted by molar-refractivity contribution is 0.414. The molecule has 0 N–H and O–H groups in total. The van der Waals surface area contributed by atoms with E-state index in [1.807, 2.05) is 24.3 Å². The molecule has 0 saturated carbocycles. The molecule has 3 aromatic rings. The van der Waals surface area contributed by atoms with Crippen LogP contribution in [0.15, 0.2) is 78.9 Å². The van der Waals surface area contributed by atoms with E-state index in [0.717, 1.165) is 34.9 Å². The number of rotatable bonds is 9. The van der Waals surface area contributed by atoms with E-state index in [9.17, 15) is 0 Å². The van der Waals surface area contributed by atoms with Crippen LogP contribution in [0, 0.1) is 0 Å². The van der Waals surface area contributed by atoms with Crippen LogP contribution in [0.25, 0.3) is 0 Å². The average Bonchev–Trinajstić information content (AvgIpc) is 2.85. The largest absolute Gasteiger partial charge is 0.773 e. The van der Waals surface area contributed by atoms with Crippen LogP contribution in [0.2, 0.25) is 0 Å². The summed E-state index contributed by atoms with van der Waals surface area (Å²) in [4.78, 5) is 0. The van der Waals surface area contributed by atoms with Gasteiger partial charge >= 0.3 is 0 Å². The van der Waals surface area contributed by atoms with Gasteiger partial charge in [0.05, 0.1) is 37.5 Å². The molecule has 3 aromatic carbocycles. The number of methoxy groups -OCH3 is 2. The molecule has 0 aliphatic heterocycles. The fourth-order valence-corrected chi connectivity index (χ4v) is 10.1. The Morgan fingerprint density at radius 3 is 1.52 bits per heavy atom. The van der Waals surface area contributed by atoms with Crippen LogP contribution in [0.5, 0.6) is 11.5 Å². The Morgan fingerprint density at radius 1 is 0.742 bits per heavy atom. The van der Waals surface area contributed by atoms with Gasteiger partial charge in [-0.3, -0.25) is 0 Å². The number of hydrogen-bond donors (Lipinski definition) is 0. The Bertz CT molecular complexity index is 903. The summed E-state index contributed by atoms with van der Waals surface area (Å²) in [6.07, 6.45) is 2.25. The van der Waals surface area contributed by atoms with Gasteiger partial charge in [-0.15, -0.1) is 0 Å². The van der Waals surface area contributed by atoms with Crippen LogP contribution >= 0.6 is 7.26 Å². The predicted octanol–water partition coefficient (Wildman–Crippen LogP) is 6.27. The number of benzene rings is 3. The average molecular weight is 453 g/mol. The van der Waals surface area contributed by atoms with Gasteiger partial charge in [0, 0.05) is 7.26 Å². The van der Waals surface area contributed by atoms with Crippen LogP contribution in [0.4, 0.5) is 0 Å². The monoisotopic (exact) mass is 452 g/mol. The molecule has 0 amide bonds. The van der Waals surface area contributed by atoms with Crippen LogP contribution in [-0.4, -0.2) is 32.2 Å². The quantitative estimate of drug-likeness (QED) is 0.282. The maximum atomic E-state index is 6.64. The third-order valence-corrected chi connectivity index (χ3v) is 13.2. The molecule has 31 heavy (non-hydrogen) atoms. The first-order valence-corrected chi connectivity index (χ1v) is 13.5. The SMILES string of the molecule is CC[P+](CC)(c1ccccc1)[C@H](C)C([S-])(c1ccc(OC)cc1)c1ccc(OC)cc1. The van der Waals surface area contributed by atoms with Crippen molar-refractivity contribution >= 4 is 25.2 Å². The van der Waals surface area contributed by atoms with Crippen molar-refractivity contribution < 1.29 is 9.47 Å². The van der Waals surface area contributed by atoms with Gasteiger partial charge in [0.2, 0.25) is 0 Å². The molecular formula is C27H33O2PS. The van der Waals surface area contributed by atoms with Gasteiger partial charge < -0.3 is 22.1 Å². The lowest BCUT2D eigenvalue weighted by atomic mass is 9.87. The molecule has 4 heteroatoms. The Labute approximate surface area is 193 Å². The van der Waals surface area contributed by atoms with Gasteiger partial charge in [0.25, 0.3) is 0 Å². The lowest BCUT2D eigenvalue weighted by Gasteiger charge is -2.51. The van der Waals surface area contributed by atoms with Crippen molar-refractivity contribution in [2.45, 2.75) is 31.2 Å². The summed E-state index contributed by atoms with van der Waals surface area (Å²) in [6.45, 7) is 7.03. The molecule has 164 valence electrons. The zero-order chi connectivity index (χ0) is 22.5. The Balaban J connectivity index is 2.22. The highest BCUT2D eigenvalue weighted by Gasteiger charge is 2.48. The molecule has 0 spiro atoms. The van der Waals surface area contributed by atoms with Gasteiger partial charge in [0.15, 0.2) is 0 Å². The van der Waals surface area contributed by atoms with Crippen LogP contribution in [0.3, 0.4) is 0 Å². The molecule has 0 heterocycles. The minimum absolute atomic E-state index is 0.272. The Kier molecular flexibility index (Phi) is 7.73. The molecule has 0 aliphatic carbocycles. The topological polar surface area (TPSA) is 18.5 Å². The summed E-state index contributed by atoms with van der Waals surface area (Å²) >= 11 is 6.64. The first kappa shape index (κ1) is 23.7. The Hall–Kier alpha value is -1.96. The molecule has 2 nitrogen and oxygen atoms in total. The van der Waals surface area contributed by atoms with Crippen molar-refractivity contribution in [3.05, 3.63) is 90.0 Å². The molecule has 0 bridgehead atoms. The van der Waals surface area contributed by atoms with Crippen LogP contribution < -0.4 is 14.8 Å². The smallest absolute Gasteiger partial charge is 0.118 e. The minimum Gasteiger partial charge on any atom is -0.773 e. The van der Waals surface area contributed by atoms with Crippen molar-refractivity contribution in [3.8, 4) is 11.5 Å². The first-order valence-electron chi connectivity index (χ1n) is 10.9. The maximum Gasteiger partial charge on any atom is 0.118 e. The summed E-state index contributed by atoms with van der Waals surface area (Å²) in [5.41, 5.74) is 2.56. The van der Waals surface area contributed by atoms with Gasteiger partial charge in [-0.1, -0.05) is 58.3 Å². The van der Waals surface area contributed by atoms with E-state index < -0.39 is 12.0 Å². The van der Waals surface area contributed by atoms with Crippen molar-refractivity contribution in [2.24, 2.45) is 0 Å². The van der Waals surface area contributed by atoms with Gasteiger partial charge in [-0.25, -0.2) is 0 Å². The summed E-state index contributed by atoms with van der Waals surface area (Å²) < 4.78 is 10.3. The molecule has 1 atom stereocenters. The summed E-state index contributed by atoms with van der Waals surface area (Å²) in [5.74, 6) is 1.69. The molecule has 0 aliphatic rings. The molecular weight excluding hydrogens is 419 g/mol. The van der Waals surface area contributed by atoms with Crippen LogP contribution in [-0.2, 0) is 17.4 Å². The van der Waals surface area contributed by atoms with Gasteiger partial charge in [-0.2, -0.15) is 0 Å². The molecule has 0 fully saturated rings. The summed E-state index contributed by atoms with van der Waals surface area (Å²) in [6, 6.07) is 27.7. The zero-order valence-electron chi connectivity index (χ0n) is 19.2. The molecule has 0 aromatic heterocycles. The molecule has 0 saturated heterocycles. The number of ether oxygens (including phenoxy) is 2. The van der Waals surface area contributed by atoms with E-state index in [1.165, 1.54) is 5.30 Å². The second kappa shape index (κ2) is 10.1. The molecule has 0 unspecified atom stereocenters. The summed E-state index contributed by atoms with van der Waals surface area (Å²) in [7, 11) is 1.84. The van der Waals surface area contributed by atoms with E-state index in [2.05, 4.69) is 75.4 Å². The van der Waals surface area contributed by atoms with E-state index in [0.29, 0.717) is 0 Å². The Morgan fingerprint density at radius 2 is 1.16 bits per heavy atom. The third kappa shape index (κ3) is 4.36. The normalized spacial score (nSPS) is 13.0. The van der Waals surface area contributed by atoms with Gasteiger partial charge in [-0.05, 0) is 57.2 Å². The second-order valence-corrected chi connectivity index (χ2v) is 13.1. The van der Waals surface area contributed by atoms with E-state index in [4.69, 9.17) is 22.1 Å². The standard InChI is InChI=1S/C27H33O2PS/c1-6-30(7-2,26-11-9-8-10-12-26)21(3)27(31,22-13-17-24(28-4)18-14-22)23-15-19-25(29-5)20-16-23/h8-21H,6-7H2,1-5H3/t21-/m1/s1. The third-order valence-electron chi connectivity index (χ3n) is 6.77. The lowest BCUT2D eigenvalue weighted by Crippen LogP contribution is -2.42. The van der Waals surface area contributed by atoms with E-state index in [1.54, 1.807) is 14.2 Å². The maximum absolute atomic E-state index is 6.64. The first-order chi connectivity index (χ1) is 15.0. The van der Waals surface area contributed by atoms with Crippen molar-refractivity contribution in [2.75, 3.05) is 26.5 Å². The minimum atomic E-state index is -1.56.